The van der Waals surface area contributed by atoms with Gasteiger partial charge in [-0.1, -0.05) is 43.7 Å². The minimum Gasteiger partial charge on any atom is -0.458 e. The summed E-state index contributed by atoms with van der Waals surface area (Å²) in [5.74, 6) is 2.58. The van der Waals surface area contributed by atoms with E-state index in [1.807, 2.05) is 37.3 Å². The van der Waals surface area contributed by atoms with Crippen LogP contribution in [-0.2, 0) is 9.53 Å². The molecule has 3 heteroatoms. The maximum Gasteiger partial charge on any atom is 0.338 e. The van der Waals surface area contributed by atoms with Crippen LogP contribution >= 0.6 is 0 Å². The van der Waals surface area contributed by atoms with E-state index < -0.39 is 0 Å². The highest BCUT2D eigenvalue weighted by Crippen LogP contribution is 2.66. The van der Waals surface area contributed by atoms with Gasteiger partial charge in [-0.3, -0.25) is 4.79 Å². The number of carbonyl (C=O) groups is 2. The Labute approximate surface area is 186 Å². The quantitative estimate of drug-likeness (QED) is 0.421. The van der Waals surface area contributed by atoms with E-state index in [-0.39, 0.29) is 28.8 Å². The molecule has 31 heavy (non-hydrogen) atoms. The lowest BCUT2D eigenvalue weighted by Crippen LogP contribution is -2.51. The molecule has 0 radical (unpaired) electrons. The van der Waals surface area contributed by atoms with Gasteiger partial charge in [0.25, 0.3) is 0 Å². The zero-order valence-electron chi connectivity index (χ0n) is 19.2. The Balaban J connectivity index is 1.32. The predicted molar refractivity (Wildman–Crippen MR) is 122 cm³/mol. The minimum absolute atomic E-state index is 0.00832. The van der Waals surface area contributed by atoms with Crippen LogP contribution in [0.2, 0.25) is 0 Å². The smallest absolute Gasteiger partial charge is 0.338 e. The molecule has 0 spiro atoms. The van der Waals surface area contributed by atoms with E-state index in [0.717, 1.165) is 32.1 Å². The topological polar surface area (TPSA) is 43.4 Å². The second kappa shape index (κ2) is 7.60. The fourth-order valence-electron chi connectivity index (χ4n) is 8.19. The number of ether oxygens (including phenoxy) is 1. The molecule has 3 saturated carbocycles. The van der Waals surface area contributed by atoms with Crippen molar-refractivity contribution in [3.8, 4) is 0 Å². The Bertz CT molecular complexity index is 902. The second-order valence-corrected chi connectivity index (χ2v) is 11.2. The zero-order chi connectivity index (χ0) is 21.8. The van der Waals surface area contributed by atoms with Gasteiger partial charge >= 0.3 is 5.97 Å². The van der Waals surface area contributed by atoms with Crippen LogP contribution < -0.4 is 0 Å². The summed E-state index contributed by atoms with van der Waals surface area (Å²) >= 11 is 0. The highest BCUT2D eigenvalue weighted by Gasteiger charge is 2.59. The first-order chi connectivity index (χ1) is 14.8. The van der Waals surface area contributed by atoms with Gasteiger partial charge in [-0.15, -0.1) is 0 Å². The number of allylic oxidation sites excluding steroid dienone is 1. The summed E-state index contributed by atoms with van der Waals surface area (Å²) in [6.07, 6.45) is 11.3. The number of fused-ring (bicyclic) bond motifs is 5. The monoisotopic (exact) mass is 420 g/mol. The molecule has 0 N–H and O–H groups in total. The third kappa shape index (κ3) is 3.31. The number of carbonyl (C=O) groups excluding carboxylic acids is 2. The summed E-state index contributed by atoms with van der Waals surface area (Å²) in [5.41, 5.74) is 2.60. The van der Waals surface area contributed by atoms with E-state index in [0.29, 0.717) is 29.1 Å². The number of hydrogen-bond acceptors (Lipinski definition) is 3. The van der Waals surface area contributed by atoms with Gasteiger partial charge in [-0.2, -0.15) is 0 Å². The van der Waals surface area contributed by atoms with E-state index in [9.17, 15) is 9.59 Å². The first-order valence-corrected chi connectivity index (χ1v) is 12.3. The Kier molecular flexibility index (Phi) is 5.14. The largest absolute Gasteiger partial charge is 0.458 e. The molecule has 7 atom stereocenters. The molecule has 3 nitrogen and oxygen atoms in total. The van der Waals surface area contributed by atoms with Crippen molar-refractivity contribution in [2.75, 3.05) is 0 Å². The van der Waals surface area contributed by atoms with Crippen LogP contribution in [0.25, 0.3) is 0 Å². The maximum atomic E-state index is 12.6. The molecule has 1 aromatic carbocycles. The molecule has 4 aliphatic carbocycles. The van der Waals surface area contributed by atoms with E-state index >= 15 is 0 Å². The molecule has 0 aromatic heterocycles. The lowest BCUT2D eigenvalue weighted by Gasteiger charge is -2.58. The highest BCUT2D eigenvalue weighted by molar-refractivity contribution is 5.89. The van der Waals surface area contributed by atoms with Gasteiger partial charge in [0.15, 0.2) is 0 Å². The van der Waals surface area contributed by atoms with Crippen LogP contribution in [-0.4, -0.2) is 17.9 Å². The van der Waals surface area contributed by atoms with E-state index in [2.05, 4.69) is 19.9 Å². The molecule has 0 heterocycles. The van der Waals surface area contributed by atoms with Gasteiger partial charge in [0, 0.05) is 12.3 Å². The SMILES string of the molecule is CC(=O)[C@H]1CC[C@H]2[C@@H]3CC=C4CC(OC(=O)c5ccccc5)CC[C@]4(C)[C@H]3CC[C@]12C. The fraction of sp³-hybridized carbons (Fsp3) is 0.643. The maximum absolute atomic E-state index is 12.6. The van der Waals surface area contributed by atoms with Crippen molar-refractivity contribution in [2.45, 2.75) is 78.2 Å². The molecule has 5 rings (SSSR count). The number of rotatable bonds is 3. The molecule has 0 bridgehead atoms. The minimum atomic E-state index is -0.196. The van der Waals surface area contributed by atoms with Crippen molar-refractivity contribution < 1.29 is 14.3 Å². The third-order valence-electron chi connectivity index (χ3n) is 9.83. The normalized spacial score (nSPS) is 41.4. The molecule has 0 saturated heterocycles. The van der Waals surface area contributed by atoms with Crippen molar-refractivity contribution in [3.05, 3.63) is 47.5 Å². The second-order valence-electron chi connectivity index (χ2n) is 11.2. The first-order valence-electron chi connectivity index (χ1n) is 12.3. The zero-order valence-corrected chi connectivity index (χ0v) is 19.2. The molecule has 3 fully saturated rings. The average molecular weight is 421 g/mol. The molecular weight excluding hydrogens is 384 g/mol. The summed E-state index contributed by atoms with van der Waals surface area (Å²) in [4.78, 5) is 24.9. The Morgan fingerprint density at radius 2 is 1.74 bits per heavy atom. The van der Waals surface area contributed by atoms with Crippen LogP contribution in [0.3, 0.4) is 0 Å². The first kappa shape index (κ1) is 21.0. The van der Waals surface area contributed by atoms with Crippen LogP contribution in [0.4, 0.5) is 0 Å². The van der Waals surface area contributed by atoms with Crippen molar-refractivity contribution >= 4 is 11.8 Å². The number of benzene rings is 1. The average Bonchev–Trinajstić information content (AvgIpc) is 3.12. The van der Waals surface area contributed by atoms with Crippen LogP contribution in [0.15, 0.2) is 42.0 Å². The Morgan fingerprint density at radius 1 is 0.968 bits per heavy atom. The summed E-state index contributed by atoms with van der Waals surface area (Å²) in [5, 5.41) is 0. The summed E-state index contributed by atoms with van der Waals surface area (Å²) in [6, 6.07) is 9.34. The van der Waals surface area contributed by atoms with E-state index in [4.69, 9.17) is 4.74 Å². The van der Waals surface area contributed by atoms with E-state index in [1.54, 1.807) is 0 Å². The number of Topliss-reactive ketones (excluding diaryl/α,β-unsaturated/α-hetero) is 1. The van der Waals surface area contributed by atoms with Gasteiger partial charge in [-0.25, -0.2) is 4.79 Å². The fourth-order valence-corrected chi connectivity index (χ4v) is 8.19. The summed E-state index contributed by atoms with van der Waals surface area (Å²) < 4.78 is 5.92. The van der Waals surface area contributed by atoms with Crippen molar-refractivity contribution in [3.63, 3.8) is 0 Å². The van der Waals surface area contributed by atoms with Crippen LogP contribution in [0.1, 0.15) is 82.5 Å². The lowest BCUT2D eigenvalue weighted by molar-refractivity contribution is -0.127. The molecular formula is C28H36O3. The van der Waals surface area contributed by atoms with Gasteiger partial charge in [-0.05, 0) is 92.6 Å². The number of hydrogen-bond donors (Lipinski definition) is 0. The van der Waals surface area contributed by atoms with Gasteiger partial charge in [0.2, 0.25) is 0 Å². The summed E-state index contributed by atoms with van der Waals surface area (Å²) in [6.45, 7) is 6.70. The molecule has 0 amide bonds. The van der Waals surface area contributed by atoms with Gasteiger partial charge in [0.1, 0.15) is 11.9 Å². The molecule has 0 aliphatic heterocycles. The number of ketones is 1. The van der Waals surface area contributed by atoms with Gasteiger partial charge in [0.05, 0.1) is 5.56 Å². The van der Waals surface area contributed by atoms with E-state index in [1.165, 1.54) is 24.8 Å². The van der Waals surface area contributed by atoms with Gasteiger partial charge < -0.3 is 4.74 Å². The molecule has 1 unspecified atom stereocenters. The predicted octanol–water partition coefficient (Wildman–Crippen LogP) is 6.38. The Morgan fingerprint density at radius 3 is 2.48 bits per heavy atom. The standard InChI is InChI=1S/C28H36O3/c1-18(29)23-11-12-24-22-10-9-20-17-21(31-26(30)19-7-5-4-6-8-19)13-15-27(20,2)25(22)14-16-28(23,24)3/h4-9,21-25H,10-17H2,1-3H3/t21?,22-,23+,24-,25-,27-,28+/m0/s1. The van der Waals surface area contributed by atoms with Crippen LogP contribution in [0, 0.1) is 34.5 Å². The van der Waals surface area contributed by atoms with Crippen LogP contribution in [0.5, 0.6) is 0 Å². The number of esters is 1. The molecule has 166 valence electrons. The third-order valence-corrected chi connectivity index (χ3v) is 9.83. The van der Waals surface area contributed by atoms with Crippen molar-refractivity contribution in [2.24, 2.45) is 34.5 Å². The molecule has 1 aromatic rings. The highest BCUT2D eigenvalue weighted by atomic mass is 16.5. The van der Waals surface area contributed by atoms with Crippen molar-refractivity contribution in [1.29, 1.82) is 0 Å². The lowest BCUT2D eigenvalue weighted by atomic mass is 9.47. The summed E-state index contributed by atoms with van der Waals surface area (Å²) in [7, 11) is 0. The molecule has 4 aliphatic rings. The van der Waals surface area contributed by atoms with Crippen molar-refractivity contribution in [1.82, 2.24) is 0 Å². The Hall–Kier alpha value is -1.90.